The van der Waals surface area contributed by atoms with Crippen LogP contribution in [0.4, 0.5) is 0 Å². The topological polar surface area (TPSA) is 68.8 Å². The van der Waals surface area contributed by atoms with Crippen LogP contribution < -0.4 is 11.3 Å². The Kier molecular flexibility index (Phi) is 2.36. The monoisotopic (exact) mass is 259 g/mol. The lowest BCUT2D eigenvalue weighted by Crippen LogP contribution is -2.35. The Morgan fingerprint density at radius 3 is 2.64 bits per heavy atom. The fraction of sp³-hybridized carbons (Fsp3) is 0.750. The molecule has 6 heteroatoms. The van der Waals surface area contributed by atoms with Gasteiger partial charge in [0.1, 0.15) is 0 Å². The number of nitrogens with zero attached hydrogens (tertiary/aromatic N) is 3. The molecule has 0 amide bonds. The fourth-order valence-corrected chi connectivity index (χ4v) is 2.30. The van der Waals surface area contributed by atoms with Gasteiger partial charge in [0.05, 0.1) is 11.7 Å². The molecule has 1 unspecified atom stereocenters. The van der Waals surface area contributed by atoms with Gasteiger partial charge in [0, 0.05) is 7.05 Å². The van der Waals surface area contributed by atoms with Crippen molar-refractivity contribution >= 4 is 15.9 Å². The Hall–Kier alpha value is -0.460. The number of hydrogen-bond donors (Lipinski definition) is 2. The van der Waals surface area contributed by atoms with Gasteiger partial charge in [-0.05, 0) is 34.2 Å². The van der Waals surface area contributed by atoms with Gasteiger partial charge < -0.3 is 0 Å². The minimum Gasteiger partial charge on any atom is -0.271 e. The largest absolute Gasteiger partial charge is 0.271 e. The van der Waals surface area contributed by atoms with Crippen molar-refractivity contribution < 1.29 is 0 Å². The maximum Gasteiger partial charge on any atom is 0.153 e. The summed E-state index contributed by atoms with van der Waals surface area (Å²) in [7, 11) is 1.88. The average Bonchev–Trinajstić information content (AvgIpc) is 2.81. The highest BCUT2D eigenvalue weighted by Gasteiger charge is 2.47. The summed E-state index contributed by atoms with van der Waals surface area (Å²) in [6.07, 6.45) is 2.39. The van der Waals surface area contributed by atoms with E-state index in [4.69, 9.17) is 5.84 Å². The molecular formula is C8H14BrN5. The molecule has 0 saturated heterocycles. The van der Waals surface area contributed by atoms with Crippen LogP contribution in [0.3, 0.4) is 0 Å². The van der Waals surface area contributed by atoms with E-state index in [0.717, 1.165) is 10.3 Å². The molecule has 14 heavy (non-hydrogen) atoms. The molecule has 5 nitrogen and oxygen atoms in total. The molecule has 1 atom stereocenters. The molecule has 0 spiro atoms. The maximum atomic E-state index is 5.59. The van der Waals surface area contributed by atoms with Crippen LogP contribution in [-0.4, -0.2) is 15.0 Å². The summed E-state index contributed by atoms with van der Waals surface area (Å²) in [6, 6.07) is 0.122. The molecule has 0 bridgehead atoms. The molecule has 2 rings (SSSR count). The maximum absolute atomic E-state index is 5.59. The number of hydrogen-bond acceptors (Lipinski definition) is 4. The van der Waals surface area contributed by atoms with E-state index in [0.29, 0.717) is 0 Å². The zero-order valence-electron chi connectivity index (χ0n) is 8.29. The molecule has 0 aliphatic heterocycles. The fourth-order valence-electron chi connectivity index (χ4n) is 1.74. The Morgan fingerprint density at radius 1 is 1.64 bits per heavy atom. The summed E-state index contributed by atoms with van der Waals surface area (Å²) < 4.78 is 2.54. The van der Waals surface area contributed by atoms with Crippen LogP contribution in [0, 0.1) is 5.41 Å². The van der Waals surface area contributed by atoms with Crippen molar-refractivity contribution in [2.75, 3.05) is 0 Å². The molecule has 1 aromatic rings. The van der Waals surface area contributed by atoms with Crippen LogP contribution in [0.1, 0.15) is 31.5 Å². The highest BCUT2D eigenvalue weighted by Crippen LogP contribution is 2.54. The van der Waals surface area contributed by atoms with Crippen molar-refractivity contribution in [3.63, 3.8) is 0 Å². The predicted molar refractivity (Wildman–Crippen MR) is 56.1 cm³/mol. The van der Waals surface area contributed by atoms with Crippen molar-refractivity contribution in [3.8, 4) is 0 Å². The Bertz CT molecular complexity index is 324. The van der Waals surface area contributed by atoms with Gasteiger partial charge in [-0.25, -0.2) is 4.68 Å². The molecule has 1 fully saturated rings. The number of halogens is 1. The molecule has 1 aromatic heterocycles. The lowest BCUT2D eigenvalue weighted by molar-refractivity contribution is 0.352. The number of nitrogens with one attached hydrogen (secondary N) is 1. The second-order valence-electron chi connectivity index (χ2n) is 4.14. The van der Waals surface area contributed by atoms with E-state index in [9.17, 15) is 0 Å². The quantitative estimate of drug-likeness (QED) is 0.625. The van der Waals surface area contributed by atoms with Crippen LogP contribution in [0.15, 0.2) is 4.60 Å². The number of aryl methyl sites for hydroxylation is 1. The SMILES string of the molecule is Cn1nnc(Br)c1C(NN)C1(C)CC1. The van der Waals surface area contributed by atoms with E-state index >= 15 is 0 Å². The Balaban J connectivity index is 2.36. The molecule has 3 N–H and O–H groups in total. The smallest absolute Gasteiger partial charge is 0.153 e. The van der Waals surface area contributed by atoms with Crippen molar-refractivity contribution in [2.45, 2.75) is 25.8 Å². The molecule has 0 aromatic carbocycles. The van der Waals surface area contributed by atoms with E-state index in [1.165, 1.54) is 12.8 Å². The third-order valence-electron chi connectivity index (χ3n) is 3.00. The molecule has 1 heterocycles. The summed E-state index contributed by atoms with van der Waals surface area (Å²) in [4.78, 5) is 0. The van der Waals surface area contributed by atoms with Gasteiger partial charge in [0.2, 0.25) is 0 Å². The second-order valence-corrected chi connectivity index (χ2v) is 4.89. The molecule has 0 radical (unpaired) electrons. The first-order valence-corrected chi connectivity index (χ1v) is 5.39. The third-order valence-corrected chi connectivity index (χ3v) is 3.57. The van der Waals surface area contributed by atoms with Gasteiger partial charge in [0.15, 0.2) is 4.60 Å². The molecule has 78 valence electrons. The minimum absolute atomic E-state index is 0.122. The summed E-state index contributed by atoms with van der Waals surface area (Å²) >= 11 is 3.39. The van der Waals surface area contributed by atoms with E-state index in [1.54, 1.807) is 4.68 Å². The first kappa shape index (κ1) is 10.1. The van der Waals surface area contributed by atoms with E-state index in [1.807, 2.05) is 7.05 Å². The zero-order chi connectivity index (χ0) is 10.3. The van der Waals surface area contributed by atoms with Crippen molar-refractivity contribution in [2.24, 2.45) is 18.3 Å². The highest BCUT2D eigenvalue weighted by atomic mass is 79.9. The van der Waals surface area contributed by atoms with Gasteiger partial charge in [-0.1, -0.05) is 12.1 Å². The Labute approximate surface area is 91.1 Å². The first-order valence-electron chi connectivity index (χ1n) is 4.60. The van der Waals surface area contributed by atoms with Crippen LogP contribution in [0.2, 0.25) is 0 Å². The van der Waals surface area contributed by atoms with Crippen LogP contribution in [-0.2, 0) is 7.05 Å². The van der Waals surface area contributed by atoms with Crippen molar-refractivity contribution in [1.82, 2.24) is 20.4 Å². The summed E-state index contributed by atoms with van der Waals surface area (Å²) in [5.41, 5.74) is 4.14. The summed E-state index contributed by atoms with van der Waals surface area (Å²) in [6.45, 7) is 2.22. The van der Waals surface area contributed by atoms with Gasteiger partial charge >= 0.3 is 0 Å². The summed E-state index contributed by atoms with van der Waals surface area (Å²) in [5, 5.41) is 7.91. The molecule has 1 aliphatic carbocycles. The predicted octanol–water partition coefficient (Wildman–Crippen LogP) is 0.882. The number of nitrogens with two attached hydrogens (primary N) is 1. The van der Waals surface area contributed by atoms with Gasteiger partial charge in [-0.2, -0.15) is 0 Å². The summed E-state index contributed by atoms with van der Waals surface area (Å²) in [5.74, 6) is 5.59. The molecule has 1 saturated carbocycles. The molecular weight excluding hydrogens is 246 g/mol. The van der Waals surface area contributed by atoms with Crippen LogP contribution in [0.5, 0.6) is 0 Å². The minimum atomic E-state index is 0.122. The number of aromatic nitrogens is 3. The lowest BCUT2D eigenvalue weighted by Gasteiger charge is -2.22. The van der Waals surface area contributed by atoms with Gasteiger partial charge in [0.25, 0.3) is 0 Å². The van der Waals surface area contributed by atoms with Gasteiger partial charge in [-0.3, -0.25) is 11.3 Å². The van der Waals surface area contributed by atoms with Crippen LogP contribution in [0.25, 0.3) is 0 Å². The Morgan fingerprint density at radius 2 is 2.29 bits per heavy atom. The number of hydrazine groups is 1. The first-order chi connectivity index (χ1) is 6.58. The molecule has 1 aliphatic rings. The standard InChI is InChI=1S/C8H14BrN5/c1-8(3-4-8)6(11-10)5-7(9)12-13-14(5)2/h6,11H,3-4,10H2,1-2H3. The zero-order valence-corrected chi connectivity index (χ0v) is 9.87. The normalized spacial score (nSPS) is 20.9. The number of rotatable bonds is 3. The van der Waals surface area contributed by atoms with Crippen molar-refractivity contribution in [1.29, 1.82) is 0 Å². The highest BCUT2D eigenvalue weighted by molar-refractivity contribution is 9.10. The van der Waals surface area contributed by atoms with E-state index in [2.05, 4.69) is 38.6 Å². The van der Waals surface area contributed by atoms with Gasteiger partial charge in [-0.15, -0.1) is 5.10 Å². The van der Waals surface area contributed by atoms with E-state index in [-0.39, 0.29) is 11.5 Å². The van der Waals surface area contributed by atoms with Crippen LogP contribution >= 0.6 is 15.9 Å². The second kappa shape index (κ2) is 3.29. The average molecular weight is 260 g/mol. The third kappa shape index (κ3) is 1.47. The van der Waals surface area contributed by atoms with E-state index < -0.39 is 0 Å². The lowest BCUT2D eigenvalue weighted by atomic mass is 9.97. The van der Waals surface area contributed by atoms with Crippen molar-refractivity contribution in [3.05, 3.63) is 10.3 Å².